The lowest BCUT2D eigenvalue weighted by atomic mass is 10.3. The molecule has 1 aromatic carbocycles. The number of hydrogen-bond acceptors (Lipinski definition) is 5. The van der Waals surface area contributed by atoms with Crippen molar-refractivity contribution in [3.63, 3.8) is 0 Å². The van der Waals surface area contributed by atoms with Crippen LogP contribution >= 0.6 is 0 Å². The van der Waals surface area contributed by atoms with Gasteiger partial charge in [-0.05, 0) is 24.3 Å². The number of methoxy groups -OCH3 is 1. The zero-order chi connectivity index (χ0) is 15.2. The van der Waals surface area contributed by atoms with E-state index in [1.54, 1.807) is 27.4 Å². The van der Waals surface area contributed by atoms with Crippen molar-refractivity contribution in [1.29, 1.82) is 0 Å². The summed E-state index contributed by atoms with van der Waals surface area (Å²) in [4.78, 5) is 13.1. The fourth-order valence-corrected chi connectivity index (χ4v) is 1.59. The Hall–Kier alpha value is -2.57. The number of amides is 1. The third-order valence-electron chi connectivity index (χ3n) is 2.83. The van der Waals surface area contributed by atoms with Gasteiger partial charge in [-0.25, -0.2) is 4.68 Å². The second kappa shape index (κ2) is 6.74. The maximum Gasteiger partial charge on any atom is 0.243 e. The summed E-state index contributed by atoms with van der Waals surface area (Å²) in [6, 6.07) is 7.28. The molecule has 1 heterocycles. The Morgan fingerprint density at radius 2 is 1.90 bits per heavy atom. The van der Waals surface area contributed by atoms with Crippen molar-refractivity contribution >= 4 is 5.91 Å². The lowest BCUT2D eigenvalue weighted by Gasteiger charge is -2.08. The normalized spacial score (nSPS) is 10.2. The molecule has 2 rings (SSSR count). The maximum atomic E-state index is 11.6. The molecule has 0 radical (unpaired) electrons. The van der Waals surface area contributed by atoms with E-state index in [1.165, 1.54) is 9.58 Å². The molecule has 1 aromatic heterocycles. The molecule has 0 aliphatic carbocycles. The van der Waals surface area contributed by atoms with E-state index in [4.69, 9.17) is 9.47 Å². The van der Waals surface area contributed by atoms with Crippen molar-refractivity contribution in [2.45, 2.75) is 13.2 Å². The molecule has 7 nitrogen and oxygen atoms in total. The van der Waals surface area contributed by atoms with Gasteiger partial charge in [0.05, 0.1) is 13.3 Å². The zero-order valence-electron chi connectivity index (χ0n) is 12.3. The SMILES string of the molecule is COc1ccc(OCc2cn(CC(=O)N(C)C)nn2)cc1. The second-order valence-corrected chi connectivity index (χ2v) is 4.66. The van der Waals surface area contributed by atoms with Crippen LogP contribution in [0.2, 0.25) is 0 Å². The van der Waals surface area contributed by atoms with E-state index in [0.717, 1.165) is 11.5 Å². The average Bonchev–Trinajstić information content (AvgIpc) is 2.93. The van der Waals surface area contributed by atoms with E-state index in [-0.39, 0.29) is 12.5 Å². The van der Waals surface area contributed by atoms with Crippen LogP contribution in [0, 0.1) is 0 Å². The highest BCUT2D eigenvalue weighted by Crippen LogP contribution is 2.17. The highest BCUT2D eigenvalue weighted by atomic mass is 16.5. The van der Waals surface area contributed by atoms with Gasteiger partial charge in [-0.2, -0.15) is 0 Å². The summed E-state index contributed by atoms with van der Waals surface area (Å²) >= 11 is 0. The molecule has 0 aliphatic heterocycles. The third-order valence-corrected chi connectivity index (χ3v) is 2.83. The van der Waals surface area contributed by atoms with E-state index in [1.807, 2.05) is 24.3 Å². The largest absolute Gasteiger partial charge is 0.497 e. The van der Waals surface area contributed by atoms with Gasteiger partial charge in [-0.15, -0.1) is 5.10 Å². The van der Waals surface area contributed by atoms with Gasteiger partial charge in [0.15, 0.2) is 0 Å². The quantitative estimate of drug-likeness (QED) is 0.792. The smallest absolute Gasteiger partial charge is 0.243 e. The Morgan fingerprint density at radius 1 is 1.24 bits per heavy atom. The molecular formula is C14H18N4O3. The minimum absolute atomic E-state index is 0.0393. The predicted octanol–water partition coefficient (Wildman–Crippen LogP) is 0.954. The number of carbonyl (C=O) groups is 1. The van der Waals surface area contributed by atoms with Gasteiger partial charge in [0.25, 0.3) is 0 Å². The minimum Gasteiger partial charge on any atom is -0.497 e. The summed E-state index contributed by atoms with van der Waals surface area (Å²) in [5.41, 5.74) is 0.664. The number of carbonyl (C=O) groups excluding carboxylic acids is 1. The first-order chi connectivity index (χ1) is 10.1. The highest BCUT2D eigenvalue weighted by Gasteiger charge is 2.08. The summed E-state index contributed by atoms with van der Waals surface area (Å²) in [6.45, 7) is 0.463. The first-order valence-electron chi connectivity index (χ1n) is 6.44. The van der Waals surface area contributed by atoms with Crippen molar-refractivity contribution < 1.29 is 14.3 Å². The van der Waals surface area contributed by atoms with Gasteiger partial charge >= 0.3 is 0 Å². The van der Waals surface area contributed by atoms with Crippen LogP contribution < -0.4 is 9.47 Å². The molecular weight excluding hydrogens is 272 g/mol. The lowest BCUT2D eigenvalue weighted by molar-refractivity contribution is -0.129. The molecule has 0 spiro atoms. The van der Waals surface area contributed by atoms with Crippen LogP contribution in [0.15, 0.2) is 30.5 Å². The van der Waals surface area contributed by atoms with Crippen LogP contribution in [0.1, 0.15) is 5.69 Å². The lowest BCUT2D eigenvalue weighted by Crippen LogP contribution is -2.26. The summed E-state index contributed by atoms with van der Waals surface area (Å²) in [5, 5.41) is 7.87. The molecule has 1 amide bonds. The molecule has 0 aliphatic rings. The summed E-state index contributed by atoms with van der Waals surface area (Å²) < 4.78 is 12.2. The first kappa shape index (κ1) is 14.8. The summed E-state index contributed by atoms with van der Waals surface area (Å²) in [5.74, 6) is 1.45. The Bertz CT molecular complexity index is 593. The molecule has 0 saturated carbocycles. The van der Waals surface area contributed by atoms with Gasteiger partial charge in [-0.3, -0.25) is 4.79 Å². The topological polar surface area (TPSA) is 69.5 Å². The summed E-state index contributed by atoms with van der Waals surface area (Å²) in [7, 11) is 5.02. The van der Waals surface area contributed by atoms with E-state index in [2.05, 4.69) is 10.3 Å². The Kier molecular flexibility index (Phi) is 4.76. The zero-order valence-corrected chi connectivity index (χ0v) is 12.3. The van der Waals surface area contributed by atoms with Gasteiger partial charge in [0, 0.05) is 14.1 Å². The fourth-order valence-electron chi connectivity index (χ4n) is 1.59. The van der Waals surface area contributed by atoms with Crippen LogP contribution in [0.4, 0.5) is 0 Å². The third kappa shape index (κ3) is 4.20. The standard InChI is InChI=1S/C14H18N4O3/c1-17(2)14(19)9-18-8-11(15-16-18)10-21-13-6-4-12(20-3)5-7-13/h4-8H,9-10H2,1-3H3. The van der Waals surface area contributed by atoms with E-state index >= 15 is 0 Å². The maximum absolute atomic E-state index is 11.6. The van der Waals surface area contributed by atoms with Crippen LogP contribution in [-0.2, 0) is 17.9 Å². The molecule has 0 saturated heterocycles. The molecule has 0 unspecified atom stereocenters. The number of hydrogen-bond donors (Lipinski definition) is 0. The van der Waals surface area contributed by atoms with Crippen molar-refractivity contribution in [3.8, 4) is 11.5 Å². The molecule has 21 heavy (non-hydrogen) atoms. The van der Waals surface area contributed by atoms with Crippen molar-refractivity contribution in [2.24, 2.45) is 0 Å². The van der Waals surface area contributed by atoms with Gasteiger partial charge in [-0.1, -0.05) is 5.21 Å². The molecule has 7 heteroatoms. The number of likely N-dealkylation sites (N-methyl/N-ethyl adjacent to an activating group) is 1. The highest BCUT2D eigenvalue weighted by molar-refractivity contribution is 5.75. The number of nitrogens with zero attached hydrogens (tertiary/aromatic N) is 4. The Labute approximate surface area is 123 Å². The van der Waals surface area contributed by atoms with Crippen LogP contribution in [0.5, 0.6) is 11.5 Å². The number of benzene rings is 1. The van der Waals surface area contributed by atoms with Gasteiger partial charge < -0.3 is 14.4 Å². The first-order valence-corrected chi connectivity index (χ1v) is 6.44. The predicted molar refractivity (Wildman–Crippen MR) is 76.0 cm³/mol. The van der Waals surface area contributed by atoms with Crippen LogP contribution in [-0.4, -0.2) is 47.0 Å². The Balaban J connectivity index is 1.88. The van der Waals surface area contributed by atoms with E-state index in [9.17, 15) is 4.79 Å². The van der Waals surface area contributed by atoms with Crippen LogP contribution in [0.3, 0.4) is 0 Å². The molecule has 112 valence electrons. The van der Waals surface area contributed by atoms with Gasteiger partial charge in [0.2, 0.25) is 5.91 Å². The van der Waals surface area contributed by atoms with Crippen molar-refractivity contribution in [2.75, 3.05) is 21.2 Å². The average molecular weight is 290 g/mol. The molecule has 0 bridgehead atoms. The monoisotopic (exact) mass is 290 g/mol. The van der Waals surface area contributed by atoms with E-state index in [0.29, 0.717) is 12.3 Å². The van der Waals surface area contributed by atoms with Crippen LogP contribution in [0.25, 0.3) is 0 Å². The Morgan fingerprint density at radius 3 is 2.52 bits per heavy atom. The molecule has 0 N–H and O–H groups in total. The number of ether oxygens (including phenoxy) is 2. The van der Waals surface area contributed by atoms with Crippen molar-refractivity contribution in [3.05, 3.63) is 36.2 Å². The minimum atomic E-state index is -0.0393. The number of rotatable bonds is 6. The van der Waals surface area contributed by atoms with E-state index < -0.39 is 0 Å². The fraction of sp³-hybridized carbons (Fsp3) is 0.357. The number of aromatic nitrogens is 3. The summed E-state index contributed by atoms with van der Waals surface area (Å²) in [6.07, 6.45) is 1.70. The molecule has 0 atom stereocenters. The van der Waals surface area contributed by atoms with Gasteiger partial charge in [0.1, 0.15) is 30.3 Å². The molecule has 0 fully saturated rings. The van der Waals surface area contributed by atoms with Crippen molar-refractivity contribution in [1.82, 2.24) is 19.9 Å². The second-order valence-electron chi connectivity index (χ2n) is 4.66. The molecule has 2 aromatic rings.